The second kappa shape index (κ2) is 4.23. The summed E-state index contributed by atoms with van der Waals surface area (Å²) in [6, 6.07) is 0. The van der Waals surface area contributed by atoms with E-state index in [1.165, 1.54) is 4.80 Å². The number of aromatic nitrogens is 4. The van der Waals surface area contributed by atoms with Crippen molar-refractivity contribution in [1.82, 2.24) is 20.2 Å². The lowest BCUT2D eigenvalue weighted by Crippen LogP contribution is -2.43. The SMILES string of the molecule is Cn1nnc(CC2(C(=O)O)CCCCC2=O)n1. The van der Waals surface area contributed by atoms with Crippen LogP contribution in [0.5, 0.6) is 0 Å². The minimum atomic E-state index is -1.35. The number of carbonyl (C=O) groups excluding carboxylic acids is 1. The highest BCUT2D eigenvalue weighted by Gasteiger charge is 2.47. The number of carboxylic acids is 1. The smallest absolute Gasteiger partial charge is 0.317 e. The summed E-state index contributed by atoms with van der Waals surface area (Å²) < 4.78 is 0. The van der Waals surface area contributed by atoms with Gasteiger partial charge in [-0.25, -0.2) is 0 Å². The molecule has 0 amide bonds. The van der Waals surface area contributed by atoms with Crippen LogP contribution in [-0.2, 0) is 23.1 Å². The van der Waals surface area contributed by atoms with Crippen LogP contribution in [0.25, 0.3) is 0 Å². The summed E-state index contributed by atoms with van der Waals surface area (Å²) >= 11 is 0. The van der Waals surface area contributed by atoms with E-state index in [9.17, 15) is 14.7 Å². The molecule has 1 N–H and O–H groups in total. The molecule has 0 bridgehead atoms. The topological polar surface area (TPSA) is 98.0 Å². The Morgan fingerprint density at radius 2 is 2.29 bits per heavy atom. The lowest BCUT2D eigenvalue weighted by atomic mass is 9.70. The van der Waals surface area contributed by atoms with Gasteiger partial charge in [-0.2, -0.15) is 4.80 Å². The molecule has 1 aromatic heterocycles. The molecule has 0 saturated heterocycles. The first-order valence-electron chi connectivity index (χ1n) is 5.54. The molecule has 7 nitrogen and oxygen atoms in total. The fourth-order valence-corrected chi connectivity index (χ4v) is 2.24. The molecule has 2 rings (SSSR count). The van der Waals surface area contributed by atoms with Gasteiger partial charge in [-0.05, 0) is 18.1 Å². The molecule has 7 heteroatoms. The van der Waals surface area contributed by atoms with Crippen LogP contribution < -0.4 is 0 Å². The van der Waals surface area contributed by atoms with Gasteiger partial charge < -0.3 is 5.11 Å². The summed E-state index contributed by atoms with van der Waals surface area (Å²) in [6.07, 6.45) is 2.24. The van der Waals surface area contributed by atoms with Crippen molar-refractivity contribution in [3.63, 3.8) is 0 Å². The minimum Gasteiger partial charge on any atom is -0.480 e. The van der Waals surface area contributed by atoms with Gasteiger partial charge in [0.15, 0.2) is 11.6 Å². The van der Waals surface area contributed by atoms with Crippen LogP contribution in [-0.4, -0.2) is 37.1 Å². The number of Topliss-reactive ketones (excluding diaryl/α,β-unsaturated/α-hetero) is 1. The van der Waals surface area contributed by atoms with Crippen molar-refractivity contribution < 1.29 is 14.7 Å². The third-order valence-electron chi connectivity index (χ3n) is 3.21. The van der Waals surface area contributed by atoms with Gasteiger partial charge in [0.2, 0.25) is 0 Å². The van der Waals surface area contributed by atoms with Gasteiger partial charge in [-0.3, -0.25) is 9.59 Å². The Morgan fingerprint density at radius 1 is 1.53 bits per heavy atom. The summed E-state index contributed by atoms with van der Waals surface area (Å²) in [6.45, 7) is 0. The van der Waals surface area contributed by atoms with Crippen molar-refractivity contribution in [2.75, 3.05) is 0 Å². The molecule has 0 aromatic carbocycles. The van der Waals surface area contributed by atoms with E-state index < -0.39 is 11.4 Å². The molecule has 0 spiro atoms. The van der Waals surface area contributed by atoms with Gasteiger partial charge in [-0.1, -0.05) is 6.42 Å². The number of nitrogens with zero attached hydrogens (tertiary/aromatic N) is 4. The lowest BCUT2D eigenvalue weighted by Gasteiger charge is -2.30. The number of carbonyl (C=O) groups is 2. The van der Waals surface area contributed by atoms with Crippen LogP contribution in [0.2, 0.25) is 0 Å². The van der Waals surface area contributed by atoms with E-state index in [-0.39, 0.29) is 12.2 Å². The average molecular weight is 238 g/mol. The predicted octanol–water partition coefficient (Wildman–Crippen LogP) is -0.0333. The number of ketones is 1. The molecule has 1 fully saturated rings. The maximum atomic E-state index is 11.9. The van der Waals surface area contributed by atoms with Crippen molar-refractivity contribution in [2.45, 2.75) is 32.1 Å². The van der Waals surface area contributed by atoms with Crippen molar-refractivity contribution >= 4 is 11.8 Å². The van der Waals surface area contributed by atoms with Crippen molar-refractivity contribution in [1.29, 1.82) is 0 Å². The van der Waals surface area contributed by atoms with E-state index in [0.717, 1.165) is 12.8 Å². The first-order chi connectivity index (χ1) is 8.04. The fourth-order valence-electron chi connectivity index (χ4n) is 2.24. The molecule has 1 aliphatic carbocycles. The van der Waals surface area contributed by atoms with Crippen molar-refractivity contribution in [3.8, 4) is 0 Å². The van der Waals surface area contributed by atoms with E-state index in [0.29, 0.717) is 18.7 Å². The number of carboxylic acid groups (broad SMARTS) is 1. The second-order valence-corrected chi connectivity index (χ2v) is 4.39. The molecule has 1 aromatic rings. The highest BCUT2D eigenvalue weighted by Crippen LogP contribution is 2.36. The second-order valence-electron chi connectivity index (χ2n) is 4.39. The Balaban J connectivity index is 2.28. The molecule has 1 aliphatic rings. The average Bonchev–Trinajstić information content (AvgIpc) is 2.67. The largest absolute Gasteiger partial charge is 0.480 e. The number of aryl methyl sites for hydroxylation is 1. The standard InChI is InChI=1S/C10H14N4O3/c1-14-12-8(11-13-14)6-10(9(16)17)5-3-2-4-7(10)15/h2-6H2,1H3,(H,16,17). The summed E-state index contributed by atoms with van der Waals surface area (Å²) in [5.41, 5.74) is -1.35. The van der Waals surface area contributed by atoms with E-state index in [1.54, 1.807) is 7.05 Å². The van der Waals surface area contributed by atoms with Crippen LogP contribution in [0.3, 0.4) is 0 Å². The maximum Gasteiger partial charge on any atom is 0.317 e. The molecule has 0 radical (unpaired) electrons. The normalized spacial score (nSPS) is 24.9. The maximum absolute atomic E-state index is 11.9. The highest BCUT2D eigenvalue weighted by molar-refractivity contribution is 6.03. The van der Waals surface area contributed by atoms with Crippen molar-refractivity contribution in [2.24, 2.45) is 12.5 Å². The molecule has 1 unspecified atom stereocenters. The van der Waals surface area contributed by atoms with E-state index in [2.05, 4.69) is 15.4 Å². The van der Waals surface area contributed by atoms with Gasteiger partial charge in [0.25, 0.3) is 0 Å². The molecular weight excluding hydrogens is 224 g/mol. The Labute approximate surface area is 97.8 Å². The zero-order valence-electron chi connectivity index (χ0n) is 9.59. The first-order valence-corrected chi connectivity index (χ1v) is 5.54. The minimum absolute atomic E-state index is 0.0367. The van der Waals surface area contributed by atoms with Gasteiger partial charge in [-0.15, -0.1) is 10.2 Å². The first kappa shape index (κ1) is 11.7. The predicted molar refractivity (Wildman–Crippen MR) is 56.0 cm³/mol. The molecule has 1 atom stereocenters. The molecular formula is C10H14N4O3. The van der Waals surface area contributed by atoms with Gasteiger partial charge in [0, 0.05) is 12.8 Å². The Kier molecular flexibility index (Phi) is 2.91. The lowest BCUT2D eigenvalue weighted by molar-refractivity contribution is -0.157. The summed E-state index contributed by atoms with van der Waals surface area (Å²) in [5.74, 6) is -0.983. The number of hydrogen-bond donors (Lipinski definition) is 1. The summed E-state index contributed by atoms with van der Waals surface area (Å²) in [7, 11) is 1.60. The zero-order valence-corrected chi connectivity index (χ0v) is 9.59. The molecule has 1 saturated carbocycles. The van der Waals surface area contributed by atoms with Crippen LogP contribution in [0.15, 0.2) is 0 Å². The van der Waals surface area contributed by atoms with Crippen molar-refractivity contribution in [3.05, 3.63) is 5.82 Å². The molecule has 17 heavy (non-hydrogen) atoms. The third-order valence-corrected chi connectivity index (χ3v) is 3.21. The molecule has 0 aliphatic heterocycles. The van der Waals surface area contributed by atoms with E-state index in [4.69, 9.17) is 0 Å². The Morgan fingerprint density at radius 3 is 2.82 bits per heavy atom. The van der Waals surface area contributed by atoms with E-state index in [1.807, 2.05) is 0 Å². The Bertz CT molecular complexity index is 456. The van der Waals surface area contributed by atoms with Gasteiger partial charge in [0.1, 0.15) is 5.41 Å². The Hall–Kier alpha value is -1.79. The van der Waals surface area contributed by atoms with Gasteiger partial charge >= 0.3 is 5.97 Å². The molecule has 1 heterocycles. The van der Waals surface area contributed by atoms with Crippen LogP contribution in [0, 0.1) is 5.41 Å². The fraction of sp³-hybridized carbons (Fsp3) is 0.700. The highest BCUT2D eigenvalue weighted by atomic mass is 16.4. The zero-order chi connectivity index (χ0) is 12.5. The van der Waals surface area contributed by atoms with Crippen LogP contribution in [0.1, 0.15) is 31.5 Å². The van der Waals surface area contributed by atoms with Gasteiger partial charge in [0.05, 0.1) is 7.05 Å². The molecule has 92 valence electrons. The number of rotatable bonds is 3. The quantitative estimate of drug-likeness (QED) is 0.742. The number of aliphatic carboxylic acids is 1. The summed E-state index contributed by atoms with van der Waals surface area (Å²) in [5, 5.41) is 20.7. The van der Waals surface area contributed by atoms with E-state index >= 15 is 0 Å². The number of hydrogen-bond acceptors (Lipinski definition) is 5. The van der Waals surface area contributed by atoms with Crippen LogP contribution in [0.4, 0.5) is 0 Å². The number of tetrazole rings is 1. The third kappa shape index (κ3) is 2.04. The summed E-state index contributed by atoms with van der Waals surface area (Å²) in [4.78, 5) is 24.6. The van der Waals surface area contributed by atoms with Crippen LogP contribution >= 0.6 is 0 Å². The monoisotopic (exact) mass is 238 g/mol.